The van der Waals surface area contributed by atoms with Gasteiger partial charge in [-0.15, -0.1) is 0 Å². The Morgan fingerprint density at radius 2 is 2.00 bits per heavy atom. The Morgan fingerprint density at radius 3 is 2.76 bits per heavy atom. The molecule has 90 valence electrons. The molecular formula is C13H16N2O2. The number of carbonyl (C=O) groups is 1. The number of cyclic esters (lactones) is 1. The van der Waals surface area contributed by atoms with Gasteiger partial charge in [0.2, 0.25) is 0 Å². The lowest BCUT2D eigenvalue weighted by atomic mass is 10.1. The largest absolute Gasteiger partial charge is 0.447 e. The van der Waals surface area contributed by atoms with Crippen LogP contribution in [0.15, 0.2) is 24.3 Å². The van der Waals surface area contributed by atoms with Crippen molar-refractivity contribution in [2.45, 2.75) is 13.0 Å². The van der Waals surface area contributed by atoms with Crippen LogP contribution in [0.5, 0.6) is 0 Å². The highest BCUT2D eigenvalue weighted by Crippen LogP contribution is 2.23. The van der Waals surface area contributed by atoms with Gasteiger partial charge in [0, 0.05) is 25.3 Å². The van der Waals surface area contributed by atoms with Gasteiger partial charge in [-0.2, -0.15) is 0 Å². The molecule has 1 atom stereocenters. The van der Waals surface area contributed by atoms with Crippen LogP contribution in [0.1, 0.15) is 5.56 Å². The van der Waals surface area contributed by atoms with Gasteiger partial charge in [0.15, 0.2) is 0 Å². The SMILES string of the molecule is Cc1ccc(N2CCN3C(=O)OCC3C2)cc1. The van der Waals surface area contributed by atoms with Gasteiger partial charge < -0.3 is 9.64 Å². The van der Waals surface area contributed by atoms with Gasteiger partial charge in [0.05, 0.1) is 6.04 Å². The second-order valence-corrected chi connectivity index (χ2v) is 4.71. The molecule has 0 saturated carbocycles. The lowest BCUT2D eigenvalue weighted by Gasteiger charge is -2.36. The molecule has 4 heteroatoms. The molecule has 0 spiro atoms. The van der Waals surface area contributed by atoms with E-state index in [1.54, 1.807) is 0 Å². The molecule has 17 heavy (non-hydrogen) atoms. The summed E-state index contributed by atoms with van der Waals surface area (Å²) in [7, 11) is 0. The van der Waals surface area contributed by atoms with Gasteiger partial charge in [-0.25, -0.2) is 4.79 Å². The maximum atomic E-state index is 11.4. The predicted octanol–water partition coefficient (Wildman–Crippen LogP) is 1.64. The number of anilines is 1. The third kappa shape index (κ3) is 1.84. The highest BCUT2D eigenvalue weighted by molar-refractivity contribution is 5.71. The van der Waals surface area contributed by atoms with E-state index in [-0.39, 0.29) is 12.1 Å². The van der Waals surface area contributed by atoms with Crippen LogP contribution >= 0.6 is 0 Å². The Bertz CT molecular complexity index is 430. The molecule has 2 aliphatic rings. The van der Waals surface area contributed by atoms with E-state index in [1.165, 1.54) is 11.3 Å². The van der Waals surface area contributed by atoms with E-state index >= 15 is 0 Å². The van der Waals surface area contributed by atoms with E-state index in [1.807, 2.05) is 4.90 Å². The Hall–Kier alpha value is -1.71. The summed E-state index contributed by atoms with van der Waals surface area (Å²) in [6, 6.07) is 8.75. The number of hydrogen-bond donors (Lipinski definition) is 0. The molecule has 0 bridgehead atoms. The summed E-state index contributed by atoms with van der Waals surface area (Å²) in [5, 5.41) is 0. The molecule has 0 aromatic heterocycles. The highest BCUT2D eigenvalue weighted by Gasteiger charge is 2.37. The molecule has 1 aromatic rings. The fraction of sp³-hybridized carbons (Fsp3) is 0.462. The van der Waals surface area contributed by atoms with Gasteiger partial charge in [0.25, 0.3) is 0 Å². The average Bonchev–Trinajstić information content (AvgIpc) is 2.72. The Labute approximate surface area is 101 Å². The van der Waals surface area contributed by atoms with Crippen molar-refractivity contribution in [1.82, 2.24) is 4.90 Å². The van der Waals surface area contributed by atoms with Crippen molar-refractivity contribution in [2.75, 3.05) is 31.1 Å². The van der Waals surface area contributed by atoms with Crippen molar-refractivity contribution >= 4 is 11.8 Å². The van der Waals surface area contributed by atoms with E-state index in [0.29, 0.717) is 6.61 Å². The number of aryl methyl sites for hydroxylation is 1. The molecule has 0 aliphatic carbocycles. The first-order chi connectivity index (χ1) is 8.24. The van der Waals surface area contributed by atoms with Crippen molar-refractivity contribution in [3.63, 3.8) is 0 Å². The minimum absolute atomic E-state index is 0.154. The van der Waals surface area contributed by atoms with Crippen LogP contribution in [0.25, 0.3) is 0 Å². The molecule has 0 radical (unpaired) electrons. The summed E-state index contributed by atoms with van der Waals surface area (Å²) in [6.07, 6.45) is -0.154. The van der Waals surface area contributed by atoms with Gasteiger partial charge >= 0.3 is 6.09 Å². The van der Waals surface area contributed by atoms with Crippen molar-refractivity contribution in [3.05, 3.63) is 29.8 Å². The van der Waals surface area contributed by atoms with Gasteiger partial charge in [-0.05, 0) is 19.1 Å². The summed E-state index contributed by atoms with van der Waals surface area (Å²) < 4.78 is 5.06. The molecule has 2 fully saturated rings. The number of piperazine rings is 1. The third-order valence-corrected chi connectivity index (χ3v) is 3.52. The van der Waals surface area contributed by atoms with E-state index in [2.05, 4.69) is 36.1 Å². The van der Waals surface area contributed by atoms with E-state index in [0.717, 1.165) is 19.6 Å². The molecular weight excluding hydrogens is 216 g/mol. The van der Waals surface area contributed by atoms with Gasteiger partial charge in [-0.3, -0.25) is 4.90 Å². The molecule has 2 saturated heterocycles. The normalized spacial score (nSPS) is 23.6. The minimum atomic E-state index is -0.154. The summed E-state index contributed by atoms with van der Waals surface area (Å²) in [4.78, 5) is 15.5. The summed E-state index contributed by atoms with van der Waals surface area (Å²) in [5.74, 6) is 0. The number of fused-ring (bicyclic) bond motifs is 1. The zero-order valence-corrected chi connectivity index (χ0v) is 9.93. The molecule has 1 aromatic carbocycles. The molecule has 2 aliphatic heterocycles. The molecule has 2 heterocycles. The molecule has 1 amide bonds. The molecule has 1 unspecified atom stereocenters. The van der Waals surface area contributed by atoms with Crippen LogP contribution in [-0.4, -0.2) is 43.3 Å². The van der Waals surface area contributed by atoms with Gasteiger partial charge in [-0.1, -0.05) is 17.7 Å². The van der Waals surface area contributed by atoms with E-state index in [4.69, 9.17) is 4.74 Å². The fourth-order valence-electron chi connectivity index (χ4n) is 2.48. The number of ether oxygens (including phenoxy) is 1. The lowest BCUT2D eigenvalue weighted by molar-refractivity contribution is 0.157. The first kappa shape index (κ1) is 10.4. The van der Waals surface area contributed by atoms with Crippen LogP contribution in [0.3, 0.4) is 0 Å². The fourth-order valence-corrected chi connectivity index (χ4v) is 2.48. The predicted molar refractivity (Wildman–Crippen MR) is 65.2 cm³/mol. The number of carbonyl (C=O) groups excluding carboxylic acids is 1. The average molecular weight is 232 g/mol. The monoisotopic (exact) mass is 232 g/mol. The third-order valence-electron chi connectivity index (χ3n) is 3.52. The zero-order valence-electron chi connectivity index (χ0n) is 9.93. The Morgan fingerprint density at radius 1 is 1.24 bits per heavy atom. The minimum Gasteiger partial charge on any atom is -0.447 e. The maximum absolute atomic E-state index is 11.4. The van der Waals surface area contributed by atoms with E-state index < -0.39 is 0 Å². The number of hydrogen-bond acceptors (Lipinski definition) is 3. The van der Waals surface area contributed by atoms with Crippen LogP contribution in [0, 0.1) is 6.92 Å². The first-order valence-electron chi connectivity index (χ1n) is 5.99. The van der Waals surface area contributed by atoms with Crippen molar-refractivity contribution < 1.29 is 9.53 Å². The smallest absolute Gasteiger partial charge is 0.410 e. The van der Waals surface area contributed by atoms with E-state index in [9.17, 15) is 4.79 Å². The topological polar surface area (TPSA) is 32.8 Å². The first-order valence-corrected chi connectivity index (χ1v) is 5.99. The number of amides is 1. The van der Waals surface area contributed by atoms with Crippen molar-refractivity contribution in [1.29, 1.82) is 0 Å². The second-order valence-electron chi connectivity index (χ2n) is 4.71. The molecule has 0 N–H and O–H groups in total. The number of benzene rings is 1. The van der Waals surface area contributed by atoms with Crippen molar-refractivity contribution in [2.24, 2.45) is 0 Å². The zero-order chi connectivity index (χ0) is 11.8. The lowest BCUT2D eigenvalue weighted by Crippen LogP contribution is -2.52. The summed E-state index contributed by atoms with van der Waals surface area (Å²) in [6.45, 7) is 5.13. The standard InChI is InChI=1S/C13H16N2O2/c1-10-2-4-11(5-3-10)14-6-7-15-12(8-14)9-17-13(15)16/h2-5,12H,6-9H2,1H3. The highest BCUT2D eigenvalue weighted by atomic mass is 16.6. The maximum Gasteiger partial charge on any atom is 0.410 e. The Balaban J connectivity index is 1.75. The second kappa shape index (κ2) is 3.95. The van der Waals surface area contributed by atoms with Crippen LogP contribution in [-0.2, 0) is 4.74 Å². The summed E-state index contributed by atoms with van der Waals surface area (Å²) in [5.41, 5.74) is 2.50. The van der Waals surface area contributed by atoms with Crippen molar-refractivity contribution in [3.8, 4) is 0 Å². The molecule has 4 nitrogen and oxygen atoms in total. The molecule has 3 rings (SSSR count). The quantitative estimate of drug-likeness (QED) is 0.738. The number of rotatable bonds is 1. The van der Waals surface area contributed by atoms with Gasteiger partial charge in [0.1, 0.15) is 6.61 Å². The Kier molecular flexibility index (Phi) is 2.42. The van der Waals surface area contributed by atoms with Crippen LogP contribution in [0.2, 0.25) is 0 Å². The van der Waals surface area contributed by atoms with Crippen LogP contribution in [0.4, 0.5) is 10.5 Å². The number of nitrogens with zero attached hydrogens (tertiary/aromatic N) is 2. The van der Waals surface area contributed by atoms with Crippen LogP contribution < -0.4 is 4.90 Å². The summed E-state index contributed by atoms with van der Waals surface area (Å²) >= 11 is 0.